The van der Waals surface area contributed by atoms with Gasteiger partial charge in [0.05, 0.1) is 124 Å². The van der Waals surface area contributed by atoms with E-state index in [-0.39, 0.29) is 62.9 Å². The quantitative estimate of drug-likeness (QED) is 0.0367. The van der Waals surface area contributed by atoms with E-state index in [4.69, 9.17) is 42.6 Å². The van der Waals surface area contributed by atoms with Crippen molar-refractivity contribution in [3.8, 4) is 0 Å². The van der Waals surface area contributed by atoms with Gasteiger partial charge < -0.3 is 58.6 Å². The Hall–Kier alpha value is -5.00. The van der Waals surface area contributed by atoms with E-state index in [2.05, 4.69) is 20.9 Å². The standard InChI is InChI=1S/C46H71N5O16/c1-34(2)39(45(57)49-36(5)44(56)50-38-8-6-37(7-9-38)33-67-46(58)35(3)4)32-48-41(53)13-16-59-18-20-61-22-24-63-26-28-65-30-31-66-29-27-64-25-23-62-21-19-60-17-14-47-40(52)12-15-51-42(54)10-11-43(51)55/h6-11,32,34-36,39H,12-31,33H2,1-5H3,(H,47,52)(H,49,57)(H,50,56)/t36-,39?/m0/s1. The molecule has 0 bridgehead atoms. The van der Waals surface area contributed by atoms with Gasteiger partial charge in [-0.3, -0.25) is 38.5 Å². The van der Waals surface area contributed by atoms with Gasteiger partial charge in [-0.1, -0.05) is 39.8 Å². The molecule has 0 saturated heterocycles. The van der Waals surface area contributed by atoms with Crippen LogP contribution >= 0.6 is 0 Å². The first kappa shape index (κ1) is 58.1. The van der Waals surface area contributed by atoms with E-state index in [9.17, 15) is 33.6 Å². The lowest BCUT2D eigenvalue weighted by Crippen LogP contribution is -2.45. The Labute approximate surface area is 393 Å². The maximum absolute atomic E-state index is 13.0. The molecule has 21 heteroatoms. The van der Waals surface area contributed by atoms with Crippen molar-refractivity contribution in [3.63, 3.8) is 0 Å². The van der Waals surface area contributed by atoms with Gasteiger partial charge in [-0.2, -0.15) is 0 Å². The zero-order valence-corrected chi connectivity index (χ0v) is 39.6. The Balaban J connectivity index is 1.34. The number of carbonyl (C=O) groups is 7. The molecule has 0 radical (unpaired) electrons. The molecule has 1 heterocycles. The molecule has 1 aromatic carbocycles. The summed E-state index contributed by atoms with van der Waals surface area (Å²) in [7, 11) is 0. The van der Waals surface area contributed by atoms with Crippen molar-refractivity contribution >= 4 is 53.3 Å². The normalized spacial score (nSPS) is 13.4. The summed E-state index contributed by atoms with van der Waals surface area (Å²) in [5.74, 6) is -3.82. The van der Waals surface area contributed by atoms with Crippen molar-refractivity contribution in [1.82, 2.24) is 15.5 Å². The summed E-state index contributed by atoms with van der Waals surface area (Å²) in [6, 6.07) is 5.98. The molecule has 1 aromatic rings. The summed E-state index contributed by atoms with van der Waals surface area (Å²) in [6.07, 6.45) is 3.74. The van der Waals surface area contributed by atoms with Crippen molar-refractivity contribution < 1.29 is 76.2 Å². The molecule has 1 aliphatic heterocycles. The molecule has 21 nitrogen and oxygen atoms in total. The topological polar surface area (TPSA) is 254 Å². The third kappa shape index (κ3) is 28.1. The number of esters is 1. The van der Waals surface area contributed by atoms with Crippen LogP contribution in [0.25, 0.3) is 0 Å². The van der Waals surface area contributed by atoms with Gasteiger partial charge in [0, 0.05) is 43.6 Å². The number of anilines is 1. The third-order valence-electron chi connectivity index (χ3n) is 9.32. The summed E-state index contributed by atoms with van der Waals surface area (Å²) in [5, 5.41) is 8.11. The minimum atomic E-state index is -0.860. The highest BCUT2D eigenvalue weighted by Gasteiger charge is 2.25. The summed E-state index contributed by atoms with van der Waals surface area (Å²) in [5.41, 5.74) is 1.29. The van der Waals surface area contributed by atoms with Gasteiger partial charge in [0.2, 0.25) is 23.6 Å². The average Bonchev–Trinajstić information content (AvgIpc) is 3.62. The van der Waals surface area contributed by atoms with Crippen molar-refractivity contribution in [2.24, 2.45) is 22.7 Å². The smallest absolute Gasteiger partial charge is 0.308 e. The predicted molar refractivity (Wildman–Crippen MR) is 244 cm³/mol. The number of aliphatic imine (C=N–C) groups is 1. The second kappa shape index (κ2) is 36.1. The average molecular weight is 950 g/mol. The second-order valence-corrected chi connectivity index (χ2v) is 15.5. The number of carbonyl (C=O) groups excluding carboxylic acids is 7. The number of nitrogens with zero attached hydrogens (tertiary/aromatic N) is 2. The Kier molecular flexibility index (Phi) is 31.3. The number of imide groups is 1. The number of hydrogen-bond acceptors (Lipinski definition) is 16. The molecular formula is C46H71N5O16. The van der Waals surface area contributed by atoms with E-state index >= 15 is 0 Å². The number of hydrogen-bond donors (Lipinski definition) is 3. The van der Waals surface area contributed by atoms with E-state index in [1.165, 1.54) is 18.4 Å². The molecule has 376 valence electrons. The molecular weight excluding hydrogens is 879 g/mol. The first-order valence-electron chi connectivity index (χ1n) is 22.6. The molecule has 6 amide bonds. The summed E-state index contributed by atoms with van der Waals surface area (Å²) in [6.45, 7) is 15.1. The monoisotopic (exact) mass is 949 g/mol. The van der Waals surface area contributed by atoms with Gasteiger partial charge in [-0.05, 0) is 30.5 Å². The molecule has 3 N–H and O–H groups in total. The molecule has 0 aliphatic carbocycles. The van der Waals surface area contributed by atoms with Crippen LogP contribution in [0.1, 0.15) is 53.0 Å². The van der Waals surface area contributed by atoms with Gasteiger partial charge in [0.15, 0.2) is 0 Å². The Morgan fingerprint density at radius 1 is 0.612 bits per heavy atom. The second-order valence-electron chi connectivity index (χ2n) is 15.5. The first-order chi connectivity index (χ1) is 32.3. The number of amides is 6. The molecule has 67 heavy (non-hydrogen) atoms. The van der Waals surface area contributed by atoms with E-state index in [0.29, 0.717) is 105 Å². The van der Waals surface area contributed by atoms with E-state index in [0.717, 1.165) is 10.5 Å². The van der Waals surface area contributed by atoms with Gasteiger partial charge in [0.25, 0.3) is 11.8 Å². The fourth-order valence-electron chi connectivity index (χ4n) is 5.42. The molecule has 2 atom stereocenters. The molecule has 0 saturated carbocycles. The molecule has 2 rings (SSSR count). The SMILES string of the molecule is CC(C)C(=O)OCc1ccc(NC(=O)[C@H](C)NC(=O)C(C=NC(=O)CCOCCOCCOCCOCCOCCOCCOCCOCCNC(=O)CCN2C(=O)C=CC2=O)C(C)C)cc1. The van der Waals surface area contributed by atoms with E-state index in [1.807, 2.05) is 13.8 Å². The van der Waals surface area contributed by atoms with Gasteiger partial charge >= 0.3 is 5.97 Å². The largest absolute Gasteiger partial charge is 0.461 e. The maximum Gasteiger partial charge on any atom is 0.308 e. The Morgan fingerprint density at radius 3 is 1.54 bits per heavy atom. The summed E-state index contributed by atoms with van der Waals surface area (Å²) < 4.78 is 48.9. The van der Waals surface area contributed by atoms with Crippen LogP contribution in [0.3, 0.4) is 0 Å². The molecule has 1 unspecified atom stereocenters. The van der Waals surface area contributed by atoms with Crippen LogP contribution in [0, 0.1) is 17.8 Å². The highest BCUT2D eigenvalue weighted by molar-refractivity contribution is 6.13. The number of rotatable bonds is 39. The first-order valence-corrected chi connectivity index (χ1v) is 22.6. The minimum absolute atomic E-state index is 0.0302. The Bertz CT molecular complexity index is 1670. The maximum atomic E-state index is 13.0. The molecule has 0 fully saturated rings. The van der Waals surface area contributed by atoms with E-state index < -0.39 is 41.5 Å². The van der Waals surface area contributed by atoms with Crippen molar-refractivity contribution in [1.29, 1.82) is 0 Å². The van der Waals surface area contributed by atoms with Crippen molar-refractivity contribution in [3.05, 3.63) is 42.0 Å². The van der Waals surface area contributed by atoms with Crippen LogP contribution in [0.2, 0.25) is 0 Å². The number of ether oxygens (including phenoxy) is 9. The van der Waals surface area contributed by atoms with Crippen LogP contribution in [0.4, 0.5) is 5.69 Å². The van der Waals surface area contributed by atoms with Gasteiger partial charge in [-0.15, -0.1) is 0 Å². The minimum Gasteiger partial charge on any atom is -0.461 e. The number of benzene rings is 1. The highest BCUT2D eigenvalue weighted by Crippen LogP contribution is 2.13. The molecule has 0 spiro atoms. The van der Waals surface area contributed by atoms with Crippen molar-refractivity contribution in [2.45, 2.75) is 60.1 Å². The van der Waals surface area contributed by atoms with E-state index in [1.54, 1.807) is 45.0 Å². The fourth-order valence-corrected chi connectivity index (χ4v) is 5.42. The van der Waals surface area contributed by atoms with Crippen LogP contribution in [-0.2, 0) is 82.8 Å². The zero-order valence-electron chi connectivity index (χ0n) is 39.6. The lowest BCUT2D eigenvalue weighted by atomic mass is 9.96. The zero-order chi connectivity index (χ0) is 49.1. The lowest BCUT2D eigenvalue weighted by Gasteiger charge is -2.20. The summed E-state index contributed by atoms with van der Waals surface area (Å²) in [4.78, 5) is 89.5. The van der Waals surface area contributed by atoms with Crippen LogP contribution in [0.15, 0.2) is 41.4 Å². The fraction of sp³-hybridized carbons (Fsp3) is 0.652. The lowest BCUT2D eigenvalue weighted by molar-refractivity contribution is -0.148. The predicted octanol–water partition coefficient (Wildman–Crippen LogP) is 1.65. The van der Waals surface area contributed by atoms with Crippen LogP contribution < -0.4 is 16.0 Å². The van der Waals surface area contributed by atoms with Crippen LogP contribution in [0.5, 0.6) is 0 Å². The van der Waals surface area contributed by atoms with Gasteiger partial charge in [-0.25, -0.2) is 4.99 Å². The third-order valence-corrected chi connectivity index (χ3v) is 9.32. The number of nitrogens with one attached hydrogen (secondary N) is 3. The van der Waals surface area contributed by atoms with Crippen molar-refractivity contribution in [2.75, 3.05) is 124 Å². The van der Waals surface area contributed by atoms with Crippen LogP contribution in [-0.4, -0.2) is 177 Å². The molecule has 0 aromatic heterocycles. The summed E-state index contributed by atoms with van der Waals surface area (Å²) >= 11 is 0. The Morgan fingerprint density at radius 2 is 1.07 bits per heavy atom. The molecule has 1 aliphatic rings. The highest BCUT2D eigenvalue weighted by atomic mass is 16.6. The van der Waals surface area contributed by atoms with Gasteiger partial charge in [0.1, 0.15) is 12.6 Å².